The SMILES string of the molecule is Nc1c(C(=O)Nc2ccccc2Oc2ccccc2)sc2nc(-c3ccccn3)ccc12. The van der Waals surface area contributed by atoms with Gasteiger partial charge in [0.25, 0.3) is 5.91 Å². The fourth-order valence-corrected chi connectivity index (χ4v) is 4.27. The van der Waals surface area contributed by atoms with Gasteiger partial charge in [-0.05, 0) is 48.5 Å². The number of nitrogens with two attached hydrogens (primary N) is 1. The van der Waals surface area contributed by atoms with Gasteiger partial charge in [0.2, 0.25) is 0 Å². The largest absolute Gasteiger partial charge is 0.455 e. The molecule has 0 saturated heterocycles. The number of benzene rings is 2. The van der Waals surface area contributed by atoms with Gasteiger partial charge in [-0.1, -0.05) is 36.4 Å². The van der Waals surface area contributed by atoms with Crippen LogP contribution < -0.4 is 15.8 Å². The summed E-state index contributed by atoms with van der Waals surface area (Å²) < 4.78 is 5.94. The van der Waals surface area contributed by atoms with E-state index in [1.165, 1.54) is 11.3 Å². The molecule has 0 atom stereocenters. The standard InChI is InChI=1S/C25H18N4O2S/c26-22-17-13-14-19(18-10-6-7-15-27-18)29-25(17)32-23(22)24(30)28-20-11-4-5-12-21(20)31-16-8-2-1-3-9-16/h1-15H,26H2,(H,28,30). The van der Waals surface area contributed by atoms with Gasteiger partial charge >= 0.3 is 0 Å². The van der Waals surface area contributed by atoms with Gasteiger partial charge in [-0.25, -0.2) is 4.98 Å². The number of nitrogens with one attached hydrogen (secondary N) is 1. The van der Waals surface area contributed by atoms with Crippen molar-refractivity contribution in [3.05, 3.63) is 96.0 Å². The van der Waals surface area contributed by atoms with Crippen LogP contribution in [0.4, 0.5) is 11.4 Å². The van der Waals surface area contributed by atoms with Gasteiger partial charge in [-0.2, -0.15) is 0 Å². The average Bonchev–Trinajstić information content (AvgIpc) is 3.17. The Hall–Kier alpha value is -4.23. The van der Waals surface area contributed by atoms with Crippen LogP contribution in [0.3, 0.4) is 0 Å². The number of carbonyl (C=O) groups is 1. The van der Waals surface area contributed by atoms with Gasteiger partial charge in [-0.3, -0.25) is 9.78 Å². The molecule has 3 N–H and O–H groups in total. The molecule has 0 aliphatic rings. The number of fused-ring (bicyclic) bond motifs is 1. The maximum atomic E-state index is 13.1. The van der Waals surface area contributed by atoms with Crippen LogP contribution in [0, 0.1) is 0 Å². The number of rotatable bonds is 5. The van der Waals surface area contributed by atoms with Crippen molar-refractivity contribution in [2.24, 2.45) is 0 Å². The average molecular weight is 439 g/mol. The molecule has 0 radical (unpaired) electrons. The Balaban J connectivity index is 1.44. The Morgan fingerprint density at radius 2 is 1.66 bits per heavy atom. The fraction of sp³-hybridized carbons (Fsp3) is 0. The molecule has 5 rings (SSSR count). The fourth-order valence-electron chi connectivity index (χ4n) is 3.28. The number of anilines is 2. The van der Waals surface area contributed by atoms with E-state index in [-0.39, 0.29) is 5.91 Å². The van der Waals surface area contributed by atoms with Crippen LogP contribution in [0.15, 0.2) is 91.1 Å². The van der Waals surface area contributed by atoms with Crippen LogP contribution in [-0.4, -0.2) is 15.9 Å². The second-order valence-electron chi connectivity index (χ2n) is 6.97. The predicted octanol–water partition coefficient (Wildman–Crippen LogP) is 5.99. The molecular formula is C25H18N4O2S. The number of amides is 1. The second-order valence-corrected chi connectivity index (χ2v) is 7.97. The zero-order valence-electron chi connectivity index (χ0n) is 16.9. The van der Waals surface area contributed by atoms with Crippen molar-refractivity contribution in [1.29, 1.82) is 0 Å². The number of nitrogen functional groups attached to an aromatic ring is 1. The lowest BCUT2D eigenvalue weighted by molar-refractivity contribution is 0.103. The summed E-state index contributed by atoms with van der Waals surface area (Å²) in [6.07, 6.45) is 1.72. The lowest BCUT2D eigenvalue weighted by atomic mass is 10.2. The van der Waals surface area contributed by atoms with Crippen molar-refractivity contribution in [2.45, 2.75) is 0 Å². The Morgan fingerprint density at radius 1 is 0.875 bits per heavy atom. The number of carbonyl (C=O) groups excluding carboxylic acids is 1. The number of hydrogen-bond donors (Lipinski definition) is 2. The molecule has 1 amide bonds. The third-order valence-electron chi connectivity index (χ3n) is 4.83. The number of aromatic nitrogens is 2. The highest BCUT2D eigenvalue weighted by atomic mass is 32.1. The Morgan fingerprint density at radius 3 is 2.47 bits per heavy atom. The van der Waals surface area contributed by atoms with Crippen LogP contribution in [0.25, 0.3) is 21.6 Å². The first-order chi connectivity index (χ1) is 15.7. The van der Waals surface area contributed by atoms with Gasteiger partial charge < -0.3 is 15.8 Å². The quantitative estimate of drug-likeness (QED) is 0.352. The maximum absolute atomic E-state index is 13.1. The smallest absolute Gasteiger partial charge is 0.268 e. The maximum Gasteiger partial charge on any atom is 0.268 e. The van der Waals surface area contributed by atoms with E-state index in [1.54, 1.807) is 18.3 Å². The molecule has 0 spiro atoms. The lowest BCUT2D eigenvalue weighted by Crippen LogP contribution is -2.12. The van der Waals surface area contributed by atoms with E-state index in [9.17, 15) is 4.79 Å². The van der Waals surface area contributed by atoms with Crippen LogP contribution >= 0.6 is 11.3 Å². The first-order valence-corrected chi connectivity index (χ1v) is 10.7. The number of nitrogens with zero attached hydrogens (tertiary/aromatic N) is 2. The molecule has 2 aromatic carbocycles. The van der Waals surface area contributed by atoms with Crippen LogP contribution in [0.5, 0.6) is 11.5 Å². The Kier molecular flexibility index (Phi) is 5.23. The highest BCUT2D eigenvalue weighted by Gasteiger charge is 2.19. The minimum atomic E-state index is -0.311. The number of pyridine rings is 2. The summed E-state index contributed by atoms with van der Waals surface area (Å²) in [5.41, 5.74) is 8.76. The van der Waals surface area contributed by atoms with Gasteiger partial charge in [-0.15, -0.1) is 11.3 Å². The van der Waals surface area contributed by atoms with Gasteiger partial charge in [0.15, 0.2) is 5.75 Å². The predicted molar refractivity (Wildman–Crippen MR) is 128 cm³/mol. The number of hydrogen-bond acceptors (Lipinski definition) is 6. The number of para-hydroxylation sites is 3. The van der Waals surface area contributed by atoms with Crippen molar-refractivity contribution in [1.82, 2.24) is 9.97 Å². The van der Waals surface area contributed by atoms with Gasteiger partial charge in [0, 0.05) is 11.6 Å². The molecule has 0 bridgehead atoms. The van der Waals surface area contributed by atoms with E-state index in [0.29, 0.717) is 32.6 Å². The van der Waals surface area contributed by atoms with E-state index in [0.717, 1.165) is 16.8 Å². The van der Waals surface area contributed by atoms with Crippen molar-refractivity contribution < 1.29 is 9.53 Å². The van der Waals surface area contributed by atoms with E-state index in [1.807, 2.05) is 72.8 Å². The van der Waals surface area contributed by atoms with E-state index >= 15 is 0 Å². The minimum absolute atomic E-state index is 0.311. The zero-order valence-corrected chi connectivity index (χ0v) is 17.7. The van der Waals surface area contributed by atoms with Gasteiger partial charge in [0.1, 0.15) is 15.5 Å². The highest BCUT2D eigenvalue weighted by Crippen LogP contribution is 2.35. The molecule has 3 aromatic heterocycles. The summed E-state index contributed by atoms with van der Waals surface area (Å²) >= 11 is 1.25. The first-order valence-electron chi connectivity index (χ1n) is 9.93. The van der Waals surface area contributed by atoms with Crippen LogP contribution in [-0.2, 0) is 0 Å². The summed E-state index contributed by atoms with van der Waals surface area (Å²) in [5, 5.41) is 3.67. The molecule has 7 heteroatoms. The van der Waals surface area contributed by atoms with Crippen molar-refractivity contribution in [3.8, 4) is 22.9 Å². The van der Waals surface area contributed by atoms with E-state index in [2.05, 4.69) is 15.3 Å². The monoisotopic (exact) mass is 438 g/mol. The third kappa shape index (κ3) is 3.89. The normalized spacial score (nSPS) is 10.8. The van der Waals surface area contributed by atoms with E-state index < -0.39 is 0 Å². The zero-order chi connectivity index (χ0) is 21.9. The summed E-state index contributed by atoms with van der Waals surface area (Å²) in [4.78, 5) is 23.2. The van der Waals surface area contributed by atoms with Crippen LogP contribution in [0.2, 0.25) is 0 Å². The summed E-state index contributed by atoms with van der Waals surface area (Å²) in [5.74, 6) is 0.915. The summed E-state index contributed by atoms with van der Waals surface area (Å²) in [6, 6.07) is 26.1. The topological polar surface area (TPSA) is 90.1 Å². The van der Waals surface area contributed by atoms with Crippen molar-refractivity contribution >= 4 is 38.8 Å². The molecular weight excluding hydrogens is 420 g/mol. The van der Waals surface area contributed by atoms with E-state index in [4.69, 9.17) is 10.5 Å². The molecule has 3 heterocycles. The molecule has 5 aromatic rings. The van der Waals surface area contributed by atoms with Crippen molar-refractivity contribution in [3.63, 3.8) is 0 Å². The molecule has 156 valence electrons. The Labute approximate surface area is 188 Å². The highest BCUT2D eigenvalue weighted by molar-refractivity contribution is 7.21. The summed E-state index contributed by atoms with van der Waals surface area (Å²) in [6.45, 7) is 0. The number of thiophene rings is 1. The Bertz CT molecular complexity index is 1400. The third-order valence-corrected chi connectivity index (χ3v) is 5.95. The first kappa shape index (κ1) is 19.7. The second kappa shape index (κ2) is 8.49. The number of ether oxygens (including phenoxy) is 1. The molecule has 32 heavy (non-hydrogen) atoms. The minimum Gasteiger partial charge on any atom is -0.455 e. The lowest BCUT2D eigenvalue weighted by Gasteiger charge is -2.12. The molecule has 0 fully saturated rings. The molecule has 0 aliphatic heterocycles. The van der Waals surface area contributed by atoms with Crippen LogP contribution in [0.1, 0.15) is 9.67 Å². The van der Waals surface area contributed by atoms with Gasteiger partial charge in [0.05, 0.1) is 22.8 Å². The molecule has 0 saturated carbocycles. The van der Waals surface area contributed by atoms with Crippen molar-refractivity contribution in [2.75, 3.05) is 11.1 Å². The molecule has 0 unspecified atom stereocenters. The molecule has 6 nitrogen and oxygen atoms in total. The molecule has 0 aliphatic carbocycles. The summed E-state index contributed by atoms with van der Waals surface area (Å²) in [7, 11) is 0.